The summed E-state index contributed by atoms with van der Waals surface area (Å²) in [7, 11) is 2.08. The van der Waals surface area contributed by atoms with Gasteiger partial charge >= 0.3 is 0 Å². The molecule has 1 aliphatic rings. The third-order valence-electron chi connectivity index (χ3n) is 3.49. The summed E-state index contributed by atoms with van der Waals surface area (Å²) in [5, 5.41) is 0. The number of piperidine rings is 1. The molecule has 4 nitrogen and oxygen atoms in total. The van der Waals surface area contributed by atoms with E-state index in [1.54, 1.807) is 0 Å². The number of anilines is 1. The van der Waals surface area contributed by atoms with Gasteiger partial charge in [0.1, 0.15) is 0 Å². The summed E-state index contributed by atoms with van der Waals surface area (Å²) in [4.78, 5) is 7.04. The van der Waals surface area contributed by atoms with Crippen molar-refractivity contribution < 1.29 is 0 Å². The number of nitrogens with two attached hydrogens (primary N) is 1. The van der Waals surface area contributed by atoms with Crippen molar-refractivity contribution in [3.8, 4) is 0 Å². The van der Waals surface area contributed by atoms with Gasteiger partial charge in [0.05, 0.1) is 5.69 Å². The number of aromatic nitrogens is 2. The zero-order valence-electron chi connectivity index (χ0n) is 10.3. The highest BCUT2D eigenvalue weighted by atomic mass is 15.3. The SMILES string of the molecule is CCc1cn(C)c(N2CCC(CN)CC2)n1. The molecule has 0 spiro atoms. The zero-order valence-corrected chi connectivity index (χ0v) is 10.3. The Balaban J connectivity index is 2.04. The van der Waals surface area contributed by atoms with E-state index in [1.165, 1.54) is 18.5 Å². The predicted octanol–water partition coefficient (Wildman–Crippen LogP) is 1.16. The molecule has 4 heteroatoms. The predicted molar refractivity (Wildman–Crippen MR) is 66.6 cm³/mol. The molecule has 16 heavy (non-hydrogen) atoms. The fourth-order valence-corrected chi connectivity index (χ4v) is 2.35. The van der Waals surface area contributed by atoms with Crippen molar-refractivity contribution >= 4 is 5.95 Å². The van der Waals surface area contributed by atoms with Gasteiger partial charge in [0.2, 0.25) is 5.95 Å². The minimum atomic E-state index is 0.710. The van der Waals surface area contributed by atoms with Crippen LogP contribution in [0.5, 0.6) is 0 Å². The summed E-state index contributed by atoms with van der Waals surface area (Å²) in [5.74, 6) is 1.83. The van der Waals surface area contributed by atoms with Crippen LogP contribution in [0.2, 0.25) is 0 Å². The summed E-state index contributed by atoms with van der Waals surface area (Å²) in [6.45, 7) is 5.16. The van der Waals surface area contributed by atoms with Crippen LogP contribution >= 0.6 is 0 Å². The first-order valence-electron chi connectivity index (χ1n) is 6.21. The van der Waals surface area contributed by atoms with Crippen molar-refractivity contribution in [1.29, 1.82) is 0 Å². The molecule has 2 rings (SSSR count). The van der Waals surface area contributed by atoms with Gasteiger partial charge in [-0.25, -0.2) is 4.98 Å². The van der Waals surface area contributed by atoms with Gasteiger partial charge in [-0.15, -0.1) is 0 Å². The maximum Gasteiger partial charge on any atom is 0.205 e. The van der Waals surface area contributed by atoms with Gasteiger partial charge in [-0.05, 0) is 31.7 Å². The molecular formula is C12H22N4. The Hall–Kier alpha value is -1.03. The molecule has 0 amide bonds. The summed E-state index contributed by atoms with van der Waals surface area (Å²) in [5.41, 5.74) is 6.88. The van der Waals surface area contributed by atoms with Crippen LogP contribution < -0.4 is 10.6 Å². The van der Waals surface area contributed by atoms with Gasteiger partial charge in [0.15, 0.2) is 0 Å². The van der Waals surface area contributed by atoms with Crippen LogP contribution in [-0.2, 0) is 13.5 Å². The lowest BCUT2D eigenvalue weighted by atomic mass is 9.97. The summed E-state index contributed by atoms with van der Waals surface area (Å²) < 4.78 is 2.14. The van der Waals surface area contributed by atoms with Gasteiger partial charge in [-0.3, -0.25) is 0 Å². The Kier molecular flexibility index (Phi) is 3.49. The quantitative estimate of drug-likeness (QED) is 0.834. The Morgan fingerprint density at radius 3 is 2.62 bits per heavy atom. The molecule has 1 aromatic heterocycles. The van der Waals surface area contributed by atoms with Crippen LogP contribution in [0.25, 0.3) is 0 Å². The molecule has 0 saturated carbocycles. The third kappa shape index (κ3) is 2.21. The highest BCUT2D eigenvalue weighted by molar-refractivity contribution is 5.33. The highest BCUT2D eigenvalue weighted by Gasteiger charge is 2.21. The van der Waals surface area contributed by atoms with Crippen LogP contribution in [0, 0.1) is 5.92 Å². The molecule has 1 fully saturated rings. The molecule has 2 N–H and O–H groups in total. The van der Waals surface area contributed by atoms with E-state index in [1.807, 2.05) is 0 Å². The second kappa shape index (κ2) is 4.87. The maximum atomic E-state index is 5.70. The first-order valence-corrected chi connectivity index (χ1v) is 6.21. The topological polar surface area (TPSA) is 47.1 Å². The fraction of sp³-hybridized carbons (Fsp3) is 0.750. The monoisotopic (exact) mass is 222 g/mol. The number of nitrogens with zero attached hydrogens (tertiary/aromatic N) is 3. The highest BCUT2D eigenvalue weighted by Crippen LogP contribution is 2.21. The minimum Gasteiger partial charge on any atom is -0.342 e. The molecule has 0 atom stereocenters. The smallest absolute Gasteiger partial charge is 0.205 e. The van der Waals surface area contributed by atoms with Crippen molar-refractivity contribution in [2.24, 2.45) is 18.7 Å². The number of aryl methyl sites for hydroxylation is 2. The zero-order chi connectivity index (χ0) is 11.5. The number of hydrogen-bond donors (Lipinski definition) is 1. The van der Waals surface area contributed by atoms with E-state index in [2.05, 4.69) is 34.6 Å². The minimum absolute atomic E-state index is 0.710. The average Bonchev–Trinajstić information content (AvgIpc) is 2.71. The van der Waals surface area contributed by atoms with Crippen LogP contribution in [0.3, 0.4) is 0 Å². The standard InChI is InChI=1S/C12H22N4/c1-3-11-9-15(2)12(14-11)16-6-4-10(8-13)5-7-16/h9-10H,3-8,13H2,1-2H3. The van der Waals surface area contributed by atoms with Crippen molar-refractivity contribution in [1.82, 2.24) is 9.55 Å². The first-order chi connectivity index (χ1) is 7.74. The molecule has 1 aromatic rings. The lowest BCUT2D eigenvalue weighted by Gasteiger charge is -2.31. The summed E-state index contributed by atoms with van der Waals surface area (Å²) in [6.07, 6.45) is 5.53. The van der Waals surface area contributed by atoms with Crippen LogP contribution in [0.4, 0.5) is 5.95 Å². The van der Waals surface area contributed by atoms with E-state index in [0.29, 0.717) is 5.92 Å². The second-order valence-corrected chi connectivity index (χ2v) is 4.66. The summed E-state index contributed by atoms with van der Waals surface area (Å²) in [6, 6.07) is 0. The molecular weight excluding hydrogens is 200 g/mol. The van der Waals surface area contributed by atoms with Gasteiger partial charge in [-0.1, -0.05) is 6.92 Å². The average molecular weight is 222 g/mol. The second-order valence-electron chi connectivity index (χ2n) is 4.66. The normalized spacial score (nSPS) is 18.1. The molecule has 0 unspecified atom stereocenters. The molecule has 0 aliphatic carbocycles. The molecule has 0 aromatic carbocycles. The van der Waals surface area contributed by atoms with E-state index < -0.39 is 0 Å². The van der Waals surface area contributed by atoms with Crippen LogP contribution in [-0.4, -0.2) is 29.2 Å². The Morgan fingerprint density at radius 2 is 2.12 bits per heavy atom. The molecule has 0 radical (unpaired) electrons. The number of imidazole rings is 1. The molecule has 90 valence electrons. The van der Waals surface area contributed by atoms with E-state index >= 15 is 0 Å². The number of rotatable bonds is 3. The lowest BCUT2D eigenvalue weighted by molar-refractivity contribution is 0.409. The van der Waals surface area contributed by atoms with Gasteiger partial charge in [-0.2, -0.15) is 0 Å². The Labute approximate surface area is 97.4 Å². The van der Waals surface area contributed by atoms with Crippen molar-refractivity contribution in [3.05, 3.63) is 11.9 Å². The third-order valence-corrected chi connectivity index (χ3v) is 3.49. The van der Waals surface area contributed by atoms with E-state index in [9.17, 15) is 0 Å². The van der Waals surface area contributed by atoms with E-state index in [-0.39, 0.29) is 0 Å². The largest absolute Gasteiger partial charge is 0.342 e. The van der Waals surface area contributed by atoms with Crippen LogP contribution in [0.1, 0.15) is 25.5 Å². The maximum absolute atomic E-state index is 5.70. The molecule has 2 heterocycles. The van der Waals surface area contributed by atoms with Crippen molar-refractivity contribution in [2.75, 3.05) is 24.5 Å². The first kappa shape index (κ1) is 11.5. The molecule has 1 saturated heterocycles. The van der Waals surface area contributed by atoms with E-state index in [4.69, 9.17) is 5.73 Å². The lowest BCUT2D eigenvalue weighted by Crippen LogP contribution is -2.37. The van der Waals surface area contributed by atoms with Gasteiger partial charge < -0.3 is 15.2 Å². The Bertz CT molecular complexity index is 337. The number of hydrogen-bond acceptors (Lipinski definition) is 3. The van der Waals surface area contributed by atoms with Gasteiger partial charge in [0.25, 0.3) is 0 Å². The molecule has 0 bridgehead atoms. The van der Waals surface area contributed by atoms with Crippen LogP contribution in [0.15, 0.2) is 6.20 Å². The van der Waals surface area contributed by atoms with Crippen molar-refractivity contribution in [2.45, 2.75) is 26.2 Å². The molecule has 1 aliphatic heterocycles. The van der Waals surface area contributed by atoms with Gasteiger partial charge in [0, 0.05) is 26.3 Å². The Morgan fingerprint density at radius 1 is 1.44 bits per heavy atom. The fourth-order valence-electron chi connectivity index (χ4n) is 2.35. The van der Waals surface area contributed by atoms with Crippen molar-refractivity contribution in [3.63, 3.8) is 0 Å². The summed E-state index contributed by atoms with van der Waals surface area (Å²) >= 11 is 0. The van der Waals surface area contributed by atoms with E-state index in [0.717, 1.165) is 32.0 Å².